The first kappa shape index (κ1) is 36.7. The van der Waals surface area contributed by atoms with Crippen molar-refractivity contribution in [1.82, 2.24) is 4.90 Å². The Morgan fingerprint density at radius 2 is 1.24 bits per heavy atom. The van der Waals surface area contributed by atoms with Crippen molar-refractivity contribution in [3.05, 3.63) is 70.3 Å². The summed E-state index contributed by atoms with van der Waals surface area (Å²) in [6.07, 6.45) is 24.2. The van der Waals surface area contributed by atoms with E-state index in [1.165, 1.54) is 121 Å². The van der Waals surface area contributed by atoms with Crippen molar-refractivity contribution in [2.24, 2.45) is 0 Å². The molecule has 0 radical (unpaired) electrons. The Kier molecular flexibility index (Phi) is 20.0. The van der Waals surface area contributed by atoms with Gasteiger partial charge in [-0.15, -0.1) is 0 Å². The smallest absolute Gasteiger partial charge is 0.294 e. The Balaban J connectivity index is 0.000000537. The summed E-state index contributed by atoms with van der Waals surface area (Å²) in [6, 6.07) is 15.8. The Morgan fingerprint density at radius 3 is 1.68 bits per heavy atom. The van der Waals surface area contributed by atoms with E-state index < -0.39 is 19.9 Å². The van der Waals surface area contributed by atoms with Crippen LogP contribution in [-0.2, 0) is 16.5 Å². The van der Waals surface area contributed by atoms with E-state index in [-0.39, 0.29) is 5.69 Å². The molecule has 1 N–H and O–H groups in total. The third-order valence-corrected chi connectivity index (χ3v) is 8.36. The Bertz CT molecular complexity index is 1040. The second-order valence-electron chi connectivity index (χ2n) is 11.3. The molecule has 1 atom stereocenters. The van der Waals surface area contributed by atoms with Crippen molar-refractivity contribution in [2.75, 3.05) is 14.1 Å². The minimum atomic E-state index is -4.36. The maximum Gasteiger partial charge on any atom is 0.294 e. The molecule has 2 aromatic carbocycles. The summed E-state index contributed by atoms with van der Waals surface area (Å²) in [4.78, 5) is 11.4. The second kappa shape index (κ2) is 22.3. The molecule has 0 amide bonds. The number of nitrogens with zero attached hydrogens (tertiary/aromatic N) is 2. The summed E-state index contributed by atoms with van der Waals surface area (Å²) in [5, 5.41) is 10.2. The van der Waals surface area contributed by atoms with Gasteiger partial charge in [0.1, 0.15) is 4.90 Å². The van der Waals surface area contributed by atoms with Crippen LogP contribution < -0.4 is 0 Å². The number of nitro groups is 1. The fraction of sp³-hybridized carbons (Fsp3) is 0.636. The van der Waals surface area contributed by atoms with Gasteiger partial charge in [-0.25, -0.2) is 0 Å². The average molecular weight is 591 g/mol. The number of benzene rings is 2. The van der Waals surface area contributed by atoms with Gasteiger partial charge in [0.05, 0.1) is 4.92 Å². The number of non-ortho nitro benzene ring substituents is 1. The summed E-state index contributed by atoms with van der Waals surface area (Å²) in [7, 11) is 0.107. The molecule has 2 rings (SSSR count). The van der Waals surface area contributed by atoms with Gasteiger partial charge in [0.25, 0.3) is 15.8 Å². The van der Waals surface area contributed by atoms with E-state index in [2.05, 4.69) is 56.3 Å². The summed E-state index contributed by atoms with van der Waals surface area (Å²) in [5.41, 5.74) is 1.09. The van der Waals surface area contributed by atoms with Gasteiger partial charge < -0.3 is 4.90 Å². The normalized spacial score (nSPS) is 12.1. The summed E-state index contributed by atoms with van der Waals surface area (Å²) in [6.45, 7) is 2.30. The van der Waals surface area contributed by atoms with Gasteiger partial charge in [-0.1, -0.05) is 140 Å². The Labute approximate surface area is 249 Å². The number of rotatable bonds is 21. The van der Waals surface area contributed by atoms with E-state index in [4.69, 9.17) is 4.55 Å². The molecule has 0 fully saturated rings. The lowest BCUT2D eigenvalue weighted by atomic mass is 9.98. The van der Waals surface area contributed by atoms with Crippen LogP contribution in [0.3, 0.4) is 0 Å². The van der Waals surface area contributed by atoms with Gasteiger partial charge in [0.2, 0.25) is 0 Å². The van der Waals surface area contributed by atoms with Crippen LogP contribution in [0.5, 0.6) is 0 Å². The van der Waals surface area contributed by atoms with Crippen LogP contribution in [0.4, 0.5) is 5.69 Å². The molecule has 232 valence electrons. The van der Waals surface area contributed by atoms with Crippen LogP contribution in [0.2, 0.25) is 0 Å². The quantitative estimate of drug-likeness (QED) is 0.0673. The predicted octanol–water partition coefficient (Wildman–Crippen LogP) is 9.26. The molecule has 0 bridgehead atoms. The van der Waals surface area contributed by atoms with Gasteiger partial charge in [-0.3, -0.25) is 14.7 Å². The minimum Gasteiger partial charge on any atom is -0.306 e. The molecular formula is C33H54N2O5S. The van der Waals surface area contributed by atoms with Gasteiger partial charge >= 0.3 is 0 Å². The maximum absolute atomic E-state index is 10.5. The van der Waals surface area contributed by atoms with E-state index in [9.17, 15) is 18.5 Å². The Hall–Kier alpha value is -2.29. The molecule has 0 aliphatic rings. The van der Waals surface area contributed by atoms with Crippen molar-refractivity contribution < 1.29 is 17.9 Å². The first-order valence-electron chi connectivity index (χ1n) is 15.6. The number of hydrogen-bond acceptors (Lipinski definition) is 5. The Morgan fingerprint density at radius 1 is 0.756 bits per heavy atom. The van der Waals surface area contributed by atoms with Crippen LogP contribution in [0.1, 0.15) is 115 Å². The number of hydrogen-bond donors (Lipinski definition) is 1. The highest BCUT2D eigenvalue weighted by molar-refractivity contribution is 7.85. The zero-order valence-corrected chi connectivity index (χ0v) is 26.5. The molecule has 0 aliphatic heterocycles. The first-order chi connectivity index (χ1) is 19.6. The van der Waals surface area contributed by atoms with Crippen molar-refractivity contribution >= 4 is 15.8 Å². The third-order valence-electron chi connectivity index (χ3n) is 7.51. The lowest BCUT2D eigenvalue weighted by molar-refractivity contribution is -0.385. The monoisotopic (exact) mass is 590 g/mol. The molecule has 0 heterocycles. The molecule has 8 heteroatoms. The van der Waals surface area contributed by atoms with E-state index in [0.717, 1.165) is 18.2 Å². The van der Waals surface area contributed by atoms with Crippen LogP contribution >= 0.6 is 0 Å². The van der Waals surface area contributed by atoms with Crippen LogP contribution in [0.25, 0.3) is 0 Å². The number of unbranched alkanes of at least 4 members (excludes halogenated alkanes) is 14. The predicted molar refractivity (Wildman–Crippen MR) is 170 cm³/mol. The highest BCUT2D eigenvalue weighted by Gasteiger charge is 2.14. The maximum atomic E-state index is 10.5. The molecule has 0 aliphatic carbocycles. The summed E-state index contributed by atoms with van der Waals surface area (Å²) in [5.74, 6) is 0. The molecule has 7 nitrogen and oxygen atoms in total. The third kappa shape index (κ3) is 18.7. The summed E-state index contributed by atoms with van der Waals surface area (Å²) >= 11 is 0. The SMILES string of the molecule is CCCCCCCCCCCCCCCCCC(Cc1ccccc1)N(C)C.O=[N+]([O-])c1cccc(S(=O)(=O)O)c1. The van der Waals surface area contributed by atoms with E-state index in [1.54, 1.807) is 0 Å². The van der Waals surface area contributed by atoms with E-state index >= 15 is 0 Å². The van der Waals surface area contributed by atoms with E-state index in [1.807, 2.05) is 0 Å². The molecule has 1 unspecified atom stereocenters. The molecule has 0 aromatic heterocycles. The lowest BCUT2D eigenvalue weighted by Crippen LogP contribution is -2.30. The molecule has 2 aromatic rings. The molecule has 0 saturated carbocycles. The van der Waals surface area contributed by atoms with Crippen molar-refractivity contribution in [3.63, 3.8) is 0 Å². The first-order valence-corrected chi connectivity index (χ1v) is 17.0. The molecule has 0 saturated heterocycles. The fourth-order valence-corrected chi connectivity index (χ4v) is 5.46. The standard InChI is InChI=1S/C27H49N.C6H5NO5S/c1-4-5-6-7-8-9-10-11-12-13-14-15-16-17-21-24-27(28(2)3)25-26-22-19-18-20-23-26;8-7(9)5-2-1-3-6(4-5)13(10,11)12/h18-20,22-23,27H,4-17,21,24-25H2,1-3H3;1-4H,(H,10,11,12). The van der Waals surface area contributed by atoms with Crippen LogP contribution in [-0.4, -0.2) is 42.9 Å². The fourth-order valence-electron chi connectivity index (χ4n) is 4.94. The van der Waals surface area contributed by atoms with Crippen LogP contribution in [0.15, 0.2) is 59.5 Å². The van der Waals surface area contributed by atoms with Gasteiger partial charge in [-0.2, -0.15) is 8.42 Å². The number of nitro benzene ring substituents is 1. The molecule has 0 spiro atoms. The largest absolute Gasteiger partial charge is 0.306 e. The van der Waals surface area contributed by atoms with Gasteiger partial charge in [0, 0.05) is 18.2 Å². The summed E-state index contributed by atoms with van der Waals surface area (Å²) < 4.78 is 29.6. The zero-order valence-electron chi connectivity index (χ0n) is 25.7. The van der Waals surface area contributed by atoms with Gasteiger partial charge in [-0.05, 0) is 38.6 Å². The number of likely N-dealkylation sites (N-methyl/N-ethyl adjacent to an activating group) is 1. The van der Waals surface area contributed by atoms with Crippen molar-refractivity contribution in [2.45, 2.75) is 127 Å². The average Bonchev–Trinajstić information content (AvgIpc) is 2.95. The lowest BCUT2D eigenvalue weighted by Gasteiger charge is -2.24. The van der Waals surface area contributed by atoms with Gasteiger partial charge in [0.15, 0.2) is 0 Å². The van der Waals surface area contributed by atoms with Crippen molar-refractivity contribution in [1.29, 1.82) is 0 Å². The minimum absolute atomic E-state index is 0.380. The highest BCUT2D eigenvalue weighted by atomic mass is 32.2. The zero-order chi connectivity index (χ0) is 30.3. The topological polar surface area (TPSA) is 101 Å². The van der Waals surface area contributed by atoms with Crippen LogP contribution in [0, 0.1) is 10.1 Å². The van der Waals surface area contributed by atoms with Crippen molar-refractivity contribution in [3.8, 4) is 0 Å². The second-order valence-corrected chi connectivity index (χ2v) is 12.7. The molecular weight excluding hydrogens is 536 g/mol. The molecule has 41 heavy (non-hydrogen) atoms. The highest BCUT2D eigenvalue weighted by Crippen LogP contribution is 2.18. The van der Waals surface area contributed by atoms with E-state index in [0.29, 0.717) is 6.04 Å².